The lowest BCUT2D eigenvalue weighted by molar-refractivity contribution is -0.137. The molecule has 0 radical (unpaired) electrons. The summed E-state index contributed by atoms with van der Waals surface area (Å²) in [4.78, 5) is 3.51. The molecule has 0 bridgehead atoms. The number of alkyl halides is 3. The third-order valence-electron chi connectivity index (χ3n) is 3.63. The number of aromatic nitrogens is 3. The molecule has 1 heterocycles. The van der Waals surface area contributed by atoms with E-state index in [0.29, 0.717) is 0 Å². The maximum Gasteiger partial charge on any atom is 0.417 e. The van der Waals surface area contributed by atoms with Crippen molar-refractivity contribution in [3.8, 4) is 11.1 Å². The number of nitrogens with two attached hydrogens (primary N) is 2. The molecule has 3 rings (SSSR count). The van der Waals surface area contributed by atoms with Gasteiger partial charge in [-0.05, 0) is 29.8 Å². The minimum absolute atomic E-state index is 0.0127. The number of rotatable bonds is 4. The van der Waals surface area contributed by atoms with Gasteiger partial charge in [-0.15, -0.1) is 5.10 Å². The second-order valence-corrected chi connectivity index (χ2v) is 7.59. The third kappa shape index (κ3) is 4.18. The normalized spacial score (nSPS) is 12.2. The molecule has 0 aliphatic heterocycles. The van der Waals surface area contributed by atoms with E-state index in [1.165, 1.54) is 18.2 Å². The van der Waals surface area contributed by atoms with Gasteiger partial charge in [0, 0.05) is 11.3 Å². The van der Waals surface area contributed by atoms with Crippen LogP contribution in [0.3, 0.4) is 0 Å². The van der Waals surface area contributed by atoms with Gasteiger partial charge in [-0.3, -0.25) is 0 Å². The van der Waals surface area contributed by atoms with Crippen LogP contribution in [0, 0.1) is 0 Å². The van der Waals surface area contributed by atoms with Crippen LogP contribution in [0.5, 0.6) is 0 Å². The first-order valence-corrected chi connectivity index (χ1v) is 9.36. The Morgan fingerprint density at radius 2 is 1.79 bits per heavy atom. The molecule has 148 valence electrons. The first-order chi connectivity index (χ1) is 12.9. The molecular formula is C15H12ClF3N6O2S. The topological polar surface area (TPSA) is 140 Å². The lowest BCUT2D eigenvalue weighted by atomic mass is 9.98. The van der Waals surface area contributed by atoms with E-state index in [0.717, 1.165) is 18.2 Å². The smallest absolute Gasteiger partial charge is 0.368 e. The average molecular weight is 433 g/mol. The molecule has 2 aromatic carbocycles. The van der Waals surface area contributed by atoms with E-state index in [-0.39, 0.29) is 38.6 Å². The van der Waals surface area contributed by atoms with Gasteiger partial charge < -0.3 is 11.1 Å². The van der Waals surface area contributed by atoms with E-state index in [9.17, 15) is 21.6 Å². The predicted molar refractivity (Wildman–Crippen MR) is 97.3 cm³/mol. The fraction of sp³-hybridized carbons (Fsp3) is 0.0667. The molecule has 0 fully saturated rings. The monoisotopic (exact) mass is 432 g/mol. The Balaban J connectivity index is 2.10. The highest BCUT2D eigenvalue weighted by atomic mass is 35.5. The Morgan fingerprint density at radius 1 is 1.14 bits per heavy atom. The number of hydrogen-bond donors (Lipinski definition) is 4. The van der Waals surface area contributed by atoms with Crippen molar-refractivity contribution in [2.24, 2.45) is 5.14 Å². The number of anilines is 3. The fourth-order valence-corrected chi connectivity index (χ4v) is 3.31. The number of benzene rings is 2. The highest BCUT2D eigenvalue weighted by Crippen LogP contribution is 2.43. The minimum Gasteiger partial charge on any atom is -0.368 e. The summed E-state index contributed by atoms with van der Waals surface area (Å²) in [5.41, 5.74) is 4.09. The van der Waals surface area contributed by atoms with E-state index < -0.39 is 21.8 Å². The minimum atomic E-state index is -4.74. The molecule has 0 aliphatic rings. The SMILES string of the molecule is Nc1nc(Nc2cc(Cl)c(-c3ccc(S(N)(=O)=O)cc3)c(C(F)(F)F)c2)n[nH]1. The maximum absolute atomic E-state index is 13.6. The molecule has 0 atom stereocenters. The molecule has 0 aliphatic carbocycles. The molecule has 1 aromatic heterocycles. The van der Waals surface area contributed by atoms with Crippen molar-refractivity contribution in [2.45, 2.75) is 11.1 Å². The Kier molecular flexibility index (Phi) is 4.95. The number of sulfonamides is 1. The van der Waals surface area contributed by atoms with Crippen LogP contribution in [0.15, 0.2) is 41.3 Å². The zero-order chi connectivity index (χ0) is 20.7. The average Bonchev–Trinajstić information content (AvgIpc) is 2.98. The molecule has 6 N–H and O–H groups in total. The van der Waals surface area contributed by atoms with Crippen LogP contribution in [0.2, 0.25) is 5.02 Å². The summed E-state index contributed by atoms with van der Waals surface area (Å²) in [5, 5.41) is 13.4. The van der Waals surface area contributed by atoms with Crippen molar-refractivity contribution in [1.29, 1.82) is 0 Å². The summed E-state index contributed by atoms with van der Waals surface area (Å²) in [6, 6.07) is 6.68. The van der Waals surface area contributed by atoms with E-state index in [4.69, 9.17) is 22.5 Å². The Bertz CT molecular complexity index is 1130. The molecule has 0 saturated carbocycles. The predicted octanol–water partition coefficient (Wildman–Crippen LogP) is 3.12. The van der Waals surface area contributed by atoms with Crippen molar-refractivity contribution in [2.75, 3.05) is 11.1 Å². The van der Waals surface area contributed by atoms with E-state index >= 15 is 0 Å². The van der Waals surface area contributed by atoms with Gasteiger partial charge >= 0.3 is 6.18 Å². The van der Waals surface area contributed by atoms with Gasteiger partial charge in [0.05, 0.1) is 15.5 Å². The van der Waals surface area contributed by atoms with Crippen molar-refractivity contribution in [3.63, 3.8) is 0 Å². The fourth-order valence-electron chi connectivity index (χ4n) is 2.47. The molecule has 0 spiro atoms. The number of nitrogens with zero attached hydrogens (tertiary/aromatic N) is 2. The van der Waals surface area contributed by atoms with Gasteiger partial charge in [-0.1, -0.05) is 23.7 Å². The maximum atomic E-state index is 13.6. The number of H-pyrrole nitrogens is 1. The summed E-state index contributed by atoms with van der Waals surface area (Å²) in [7, 11) is -3.98. The summed E-state index contributed by atoms with van der Waals surface area (Å²) >= 11 is 6.12. The highest BCUT2D eigenvalue weighted by Gasteiger charge is 2.35. The van der Waals surface area contributed by atoms with Crippen LogP contribution < -0.4 is 16.2 Å². The van der Waals surface area contributed by atoms with E-state index in [2.05, 4.69) is 20.5 Å². The van der Waals surface area contributed by atoms with Gasteiger partial charge in [0.2, 0.25) is 21.9 Å². The van der Waals surface area contributed by atoms with Gasteiger partial charge in [0.25, 0.3) is 0 Å². The zero-order valence-electron chi connectivity index (χ0n) is 13.7. The van der Waals surface area contributed by atoms with Crippen LogP contribution in [-0.4, -0.2) is 23.6 Å². The van der Waals surface area contributed by atoms with Crippen LogP contribution in [0.4, 0.5) is 30.8 Å². The van der Waals surface area contributed by atoms with Gasteiger partial charge in [0.15, 0.2) is 0 Å². The number of nitrogen functional groups attached to an aromatic ring is 1. The number of nitrogens with one attached hydrogen (secondary N) is 2. The summed E-state index contributed by atoms with van der Waals surface area (Å²) in [5.74, 6) is -0.0526. The molecule has 13 heteroatoms. The summed E-state index contributed by atoms with van der Waals surface area (Å²) in [6.07, 6.45) is -4.74. The standard InChI is InChI=1S/C15H12ClF3N6O2S/c16-11-6-8(22-14-23-13(20)24-25-14)5-10(15(17,18)19)12(11)7-1-3-9(4-2-7)28(21,26)27/h1-6H,(H2,21,26,27)(H4,20,22,23,24,25). The van der Waals surface area contributed by atoms with Gasteiger partial charge in [-0.2, -0.15) is 18.2 Å². The van der Waals surface area contributed by atoms with Crippen LogP contribution >= 0.6 is 11.6 Å². The number of primary sulfonamides is 1. The molecular weight excluding hydrogens is 421 g/mol. The number of halogens is 4. The summed E-state index contributed by atoms with van der Waals surface area (Å²) < 4.78 is 63.6. The van der Waals surface area contributed by atoms with E-state index in [1.807, 2.05) is 0 Å². The van der Waals surface area contributed by atoms with Crippen LogP contribution in [0.25, 0.3) is 11.1 Å². The lowest BCUT2D eigenvalue weighted by Crippen LogP contribution is -2.12. The summed E-state index contributed by atoms with van der Waals surface area (Å²) in [6.45, 7) is 0. The first-order valence-electron chi connectivity index (χ1n) is 7.44. The quantitative estimate of drug-likeness (QED) is 0.499. The Morgan fingerprint density at radius 3 is 2.29 bits per heavy atom. The number of hydrogen-bond acceptors (Lipinski definition) is 6. The largest absolute Gasteiger partial charge is 0.417 e. The van der Waals surface area contributed by atoms with Gasteiger partial charge in [-0.25, -0.2) is 18.7 Å². The third-order valence-corrected chi connectivity index (χ3v) is 4.85. The second-order valence-electron chi connectivity index (χ2n) is 5.62. The van der Waals surface area contributed by atoms with Crippen molar-refractivity contribution in [1.82, 2.24) is 15.2 Å². The molecule has 3 aromatic rings. The molecule has 8 nitrogen and oxygen atoms in total. The Labute approximate surface area is 161 Å². The van der Waals surface area contributed by atoms with Crippen molar-refractivity contribution >= 4 is 39.2 Å². The van der Waals surface area contributed by atoms with Crippen molar-refractivity contribution in [3.05, 3.63) is 47.0 Å². The molecule has 0 unspecified atom stereocenters. The Hall–Kier alpha value is -2.83. The first kappa shape index (κ1) is 19.9. The van der Waals surface area contributed by atoms with Crippen LogP contribution in [-0.2, 0) is 16.2 Å². The van der Waals surface area contributed by atoms with Crippen molar-refractivity contribution < 1.29 is 21.6 Å². The second kappa shape index (κ2) is 6.96. The van der Waals surface area contributed by atoms with Crippen LogP contribution in [0.1, 0.15) is 5.56 Å². The number of aromatic amines is 1. The van der Waals surface area contributed by atoms with E-state index in [1.54, 1.807) is 0 Å². The zero-order valence-corrected chi connectivity index (χ0v) is 15.3. The molecule has 0 saturated heterocycles. The lowest BCUT2D eigenvalue weighted by Gasteiger charge is -2.17. The molecule has 0 amide bonds. The molecule has 28 heavy (non-hydrogen) atoms. The van der Waals surface area contributed by atoms with Gasteiger partial charge in [0.1, 0.15) is 0 Å². The highest BCUT2D eigenvalue weighted by molar-refractivity contribution is 7.89.